The van der Waals surface area contributed by atoms with Crippen LogP contribution in [0.3, 0.4) is 0 Å². The third-order valence-electron chi connectivity index (χ3n) is 11.4. The van der Waals surface area contributed by atoms with Gasteiger partial charge in [-0.1, -0.05) is 61.9 Å². The number of ether oxygens (including phenoxy) is 2. The van der Waals surface area contributed by atoms with Crippen molar-refractivity contribution in [2.75, 3.05) is 12.3 Å². The molecule has 3 saturated carbocycles. The number of hydrogen-bond donors (Lipinski definition) is 3. The number of carbonyl (C=O) groups excluding carboxylic acids is 2. The lowest BCUT2D eigenvalue weighted by Crippen LogP contribution is -2.63. The number of ketones is 2. The van der Waals surface area contributed by atoms with Gasteiger partial charge in [-0.15, -0.1) is 0 Å². The Morgan fingerprint density at radius 2 is 1.88 bits per heavy atom. The molecule has 0 radical (unpaired) electrons. The summed E-state index contributed by atoms with van der Waals surface area (Å²) in [7, 11) is 0. The van der Waals surface area contributed by atoms with Gasteiger partial charge in [0.05, 0.1) is 12.2 Å². The lowest BCUT2D eigenvalue weighted by Gasteiger charge is -2.59. The first kappa shape index (κ1) is 27.7. The maximum Gasteiger partial charge on any atom is 0.193 e. The van der Waals surface area contributed by atoms with E-state index in [-0.39, 0.29) is 29.3 Å². The lowest BCUT2D eigenvalue weighted by atomic mass is 9.46. The predicted octanol–water partition coefficient (Wildman–Crippen LogP) is 4.46. The minimum Gasteiger partial charge on any atom is -0.399 e. The van der Waals surface area contributed by atoms with Crippen LogP contribution in [0, 0.1) is 28.6 Å². The molecule has 1 saturated heterocycles. The van der Waals surface area contributed by atoms with Crippen LogP contribution in [0.15, 0.2) is 72.3 Å². The van der Waals surface area contributed by atoms with Crippen LogP contribution in [-0.4, -0.2) is 46.2 Å². The number of hydrogen-bond acceptors (Lipinski definition) is 7. The minimum absolute atomic E-state index is 0.00349. The highest BCUT2D eigenvalue weighted by atomic mass is 16.7. The largest absolute Gasteiger partial charge is 0.399 e. The van der Waals surface area contributed by atoms with Crippen LogP contribution in [0.2, 0.25) is 0 Å². The third-order valence-corrected chi connectivity index (χ3v) is 11.4. The van der Waals surface area contributed by atoms with Gasteiger partial charge in [-0.2, -0.15) is 0 Å². The molecule has 5 aliphatic rings. The second kappa shape index (κ2) is 9.71. The number of allylic oxidation sites excluding steroid dienone is 4. The van der Waals surface area contributed by atoms with Gasteiger partial charge in [0.2, 0.25) is 0 Å². The molecule has 220 valence electrons. The van der Waals surface area contributed by atoms with Crippen LogP contribution < -0.4 is 5.73 Å². The molecule has 9 atom stereocenters. The topological polar surface area (TPSA) is 119 Å². The highest BCUT2D eigenvalue weighted by Gasteiger charge is 2.75. The smallest absolute Gasteiger partial charge is 0.193 e. The number of aliphatic hydroxyl groups excluding tert-OH is 2. The molecule has 4 fully saturated rings. The van der Waals surface area contributed by atoms with Gasteiger partial charge in [-0.25, -0.2) is 0 Å². The quantitative estimate of drug-likeness (QED) is 0.455. The molecule has 0 bridgehead atoms. The number of carbonyl (C=O) groups is 2. The van der Waals surface area contributed by atoms with Crippen molar-refractivity contribution < 1.29 is 29.3 Å². The molecule has 42 heavy (non-hydrogen) atoms. The van der Waals surface area contributed by atoms with Gasteiger partial charge in [-0.05, 0) is 79.4 Å². The van der Waals surface area contributed by atoms with E-state index >= 15 is 0 Å². The first-order chi connectivity index (χ1) is 20.1. The molecule has 4 N–H and O–H groups in total. The van der Waals surface area contributed by atoms with Crippen LogP contribution in [0.1, 0.15) is 62.5 Å². The van der Waals surface area contributed by atoms with Crippen LogP contribution in [0.25, 0.3) is 0 Å². The van der Waals surface area contributed by atoms with Gasteiger partial charge in [0.1, 0.15) is 6.61 Å². The summed E-state index contributed by atoms with van der Waals surface area (Å²) < 4.78 is 13.4. The number of rotatable bonds is 5. The molecular formula is C35H39NO6. The number of nitrogen functional groups attached to an aromatic ring is 1. The molecule has 0 aromatic heterocycles. The first-order valence-electron chi connectivity index (χ1n) is 15.1. The zero-order chi connectivity index (χ0) is 29.4. The van der Waals surface area contributed by atoms with Gasteiger partial charge in [0, 0.05) is 28.0 Å². The molecule has 2 aromatic carbocycles. The van der Waals surface area contributed by atoms with E-state index < -0.39 is 41.5 Å². The van der Waals surface area contributed by atoms with E-state index in [9.17, 15) is 19.8 Å². The van der Waals surface area contributed by atoms with Gasteiger partial charge in [-0.3, -0.25) is 9.59 Å². The molecule has 4 aliphatic carbocycles. The van der Waals surface area contributed by atoms with Gasteiger partial charge in [0.25, 0.3) is 0 Å². The maximum atomic E-state index is 13.8. The fourth-order valence-corrected chi connectivity index (χ4v) is 9.62. The Balaban J connectivity index is 1.21. The summed E-state index contributed by atoms with van der Waals surface area (Å²) in [4.78, 5) is 25.9. The lowest BCUT2D eigenvalue weighted by molar-refractivity contribution is -0.201. The van der Waals surface area contributed by atoms with Crippen LogP contribution in [0.4, 0.5) is 5.69 Å². The fraction of sp³-hybridized carbons (Fsp3) is 0.486. The van der Waals surface area contributed by atoms with Gasteiger partial charge in [0.15, 0.2) is 23.5 Å². The Morgan fingerprint density at radius 1 is 1.12 bits per heavy atom. The second-order valence-electron chi connectivity index (χ2n) is 13.5. The number of anilines is 1. The fourth-order valence-electron chi connectivity index (χ4n) is 9.62. The Morgan fingerprint density at radius 3 is 2.64 bits per heavy atom. The van der Waals surface area contributed by atoms with Crippen molar-refractivity contribution in [2.45, 2.75) is 70.1 Å². The third kappa shape index (κ3) is 3.87. The second-order valence-corrected chi connectivity index (χ2v) is 13.5. The summed E-state index contributed by atoms with van der Waals surface area (Å²) in [6.45, 7) is 3.54. The monoisotopic (exact) mass is 569 g/mol. The van der Waals surface area contributed by atoms with E-state index in [0.29, 0.717) is 19.3 Å². The zero-order valence-electron chi connectivity index (χ0n) is 24.2. The molecule has 7 rings (SSSR count). The molecule has 1 heterocycles. The van der Waals surface area contributed by atoms with Crippen LogP contribution >= 0.6 is 0 Å². The number of Topliss-reactive ketones (excluding diaryl/α,β-unsaturated/α-hetero) is 1. The molecule has 1 unspecified atom stereocenters. The van der Waals surface area contributed by atoms with E-state index in [4.69, 9.17) is 15.2 Å². The zero-order valence-corrected chi connectivity index (χ0v) is 24.2. The number of benzene rings is 2. The van der Waals surface area contributed by atoms with Crippen molar-refractivity contribution in [1.29, 1.82) is 0 Å². The molecule has 2 aromatic rings. The Bertz CT molecular complexity index is 1510. The highest BCUT2D eigenvalue weighted by Crippen LogP contribution is 2.70. The molecule has 1 aliphatic heterocycles. The standard InChI is InChI=1S/C35H39NO6/c1-33-12-11-25(38)16-23(33)9-10-26-27-17-30-35(29(40)19-37,34(27,2)18-28(39)31(26)33)42-32(41-30)22-7-3-5-20(14-22)13-21-6-4-8-24(36)15-21/h3-8,11-12,14-16,26-28,30-32,37,39H,9-10,13,17-19,36H2,1-2H3/t26-,27-,28-,30+,31?,32+,33-,34-,35+/m0/s1. The molecule has 0 amide bonds. The average molecular weight is 570 g/mol. The van der Waals surface area contributed by atoms with E-state index in [0.717, 1.165) is 40.8 Å². The summed E-state index contributed by atoms with van der Waals surface area (Å²) in [5.74, 6) is -0.262. The summed E-state index contributed by atoms with van der Waals surface area (Å²) in [6.07, 6.45) is 6.65. The molecular weight excluding hydrogens is 530 g/mol. The average Bonchev–Trinajstić information content (AvgIpc) is 3.46. The predicted molar refractivity (Wildman–Crippen MR) is 157 cm³/mol. The minimum atomic E-state index is -1.36. The Hall–Kier alpha value is -3.10. The summed E-state index contributed by atoms with van der Waals surface area (Å²) in [6, 6.07) is 15.8. The summed E-state index contributed by atoms with van der Waals surface area (Å²) >= 11 is 0. The molecule has 0 spiro atoms. The van der Waals surface area contributed by atoms with Gasteiger partial charge >= 0.3 is 0 Å². The molecule has 7 nitrogen and oxygen atoms in total. The van der Waals surface area contributed by atoms with Crippen LogP contribution in [-0.2, 0) is 25.5 Å². The van der Waals surface area contributed by atoms with E-state index in [1.165, 1.54) is 0 Å². The normalized spacial score (nSPS) is 40.1. The number of nitrogens with two attached hydrogens (primary N) is 1. The van der Waals surface area contributed by atoms with E-state index in [2.05, 4.69) is 13.8 Å². The van der Waals surface area contributed by atoms with Crippen LogP contribution in [0.5, 0.6) is 0 Å². The van der Waals surface area contributed by atoms with Crippen molar-refractivity contribution in [3.8, 4) is 0 Å². The van der Waals surface area contributed by atoms with Crippen molar-refractivity contribution in [3.05, 3.63) is 89.0 Å². The van der Waals surface area contributed by atoms with Crippen molar-refractivity contribution in [3.63, 3.8) is 0 Å². The van der Waals surface area contributed by atoms with Gasteiger partial charge < -0.3 is 25.4 Å². The maximum absolute atomic E-state index is 13.8. The summed E-state index contributed by atoms with van der Waals surface area (Å²) in [5.41, 5.74) is 8.29. The van der Waals surface area contributed by atoms with Crippen molar-refractivity contribution in [1.82, 2.24) is 0 Å². The SMILES string of the molecule is C[C@]12C=CC(=O)C=C1CC[C@@H]1C2[C@@H](O)C[C@@]2(C)[C@H]1C[C@H]1O[C@@H](c3cccc(Cc4cccc(N)c4)c3)O[C@]12C(=O)CO. The Labute approximate surface area is 246 Å². The Kier molecular flexibility index (Phi) is 6.41. The summed E-state index contributed by atoms with van der Waals surface area (Å²) in [5, 5.41) is 22.1. The van der Waals surface area contributed by atoms with Crippen molar-refractivity contribution >= 4 is 17.3 Å². The van der Waals surface area contributed by atoms with E-state index in [1.807, 2.05) is 54.6 Å². The highest BCUT2D eigenvalue weighted by molar-refractivity contribution is 6.01. The first-order valence-corrected chi connectivity index (χ1v) is 15.1. The molecule has 7 heteroatoms. The number of fused-ring (bicyclic) bond motifs is 7. The number of aliphatic hydroxyl groups is 2. The van der Waals surface area contributed by atoms with Crippen molar-refractivity contribution in [2.24, 2.45) is 28.6 Å². The van der Waals surface area contributed by atoms with E-state index in [1.54, 1.807) is 12.2 Å².